The molecule has 2 rings (SSSR count). The van der Waals surface area contributed by atoms with E-state index in [4.69, 9.17) is 0 Å². The van der Waals surface area contributed by atoms with Gasteiger partial charge in [-0.25, -0.2) is 4.79 Å². The first-order valence-electron chi connectivity index (χ1n) is 7.22. The van der Waals surface area contributed by atoms with Crippen molar-refractivity contribution in [1.82, 2.24) is 9.97 Å². The number of nitrogens with one attached hydrogen (secondary N) is 4. The third kappa shape index (κ3) is 4.19. The Morgan fingerprint density at radius 1 is 1.08 bits per heavy atom. The normalized spacial score (nSPS) is 11.0. The fourth-order valence-corrected chi connectivity index (χ4v) is 1.75. The Labute approximate surface area is 137 Å². The Morgan fingerprint density at radius 2 is 1.79 bits per heavy atom. The summed E-state index contributed by atoms with van der Waals surface area (Å²) in [5, 5.41) is 5.12. The molecule has 126 valence electrons. The minimum atomic E-state index is -0.704. The van der Waals surface area contributed by atoms with Crippen LogP contribution in [-0.2, 0) is 4.79 Å². The summed E-state index contributed by atoms with van der Waals surface area (Å²) in [6.45, 7) is 5.34. The number of hydrogen-bond acceptors (Lipinski definition) is 4. The van der Waals surface area contributed by atoms with E-state index in [1.54, 1.807) is 39.0 Å². The fourth-order valence-electron chi connectivity index (χ4n) is 1.75. The highest BCUT2D eigenvalue weighted by atomic mass is 16.2. The molecule has 0 aliphatic heterocycles. The van der Waals surface area contributed by atoms with Crippen molar-refractivity contribution in [2.45, 2.75) is 20.8 Å². The fraction of sp³-hybridized carbons (Fsp3) is 0.250. The maximum atomic E-state index is 12.2. The quantitative estimate of drug-likeness (QED) is 0.677. The number of H-pyrrole nitrogens is 2. The highest BCUT2D eigenvalue weighted by Crippen LogP contribution is 2.18. The summed E-state index contributed by atoms with van der Waals surface area (Å²) in [6, 6.07) is 6.32. The van der Waals surface area contributed by atoms with E-state index in [9.17, 15) is 19.2 Å². The van der Waals surface area contributed by atoms with Gasteiger partial charge in [-0.1, -0.05) is 26.8 Å². The van der Waals surface area contributed by atoms with Gasteiger partial charge in [0.2, 0.25) is 5.91 Å². The molecule has 0 saturated heterocycles. The predicted octanol–water partition coefficient (Wildman–Crippen LogP) is 1.30. The van der Waals surface area contributed by atoms with Crippen molar-refractivity contribution in [3.63, 3.8) is 0 Å². The summed E-state index contributed by atoms with van der Waals surface area (Å²) in [4.78, 5) is 51.0. The summed E-state index contributed by atoms with van der Waals surface area (Å²) in [7, 11) is 0. The minimum Gasteiger partial charge on any atom is -0.326 e. The van der Waals surface area contributed by atoms with E-state index in [0.29, 0.717) is 5.69 Å². The van der Waals surface area contributed by atoms with E-state index in [2.05, 4.69) is 15.6 Å². The molecule has 1 aromatic carbocycles. The van der Waals surface area contributed by atoms with E-state index in [0.717, 1.165) is 6.20 Å². The van der Waals surface area contributed by atoms with Crippen LogP contribution >= 0.6 is 0 Å². The van der Waals surface area contributed by atoms with Crippen LogP contribution < -0.4 is 21.9 Å². The zero-order chi connectivity index (χ0) is 17.9. The second kappa shape index (κ2) is 6.53. The largest absolute Gasteiger partial charge is 0.326 e. The summed E-state index contributed by atoms with van der Waals surface area (Å²) in [5.74, 6) is -0.725. The highest BCUT2D eigenvalue weighted by Gasteiger charge is 2.21. The molecule has 2 amide bonds. The van der Waals surface area contributed by atoms with Crippen molar-refractivity contribution in [3.8, 4) is 0 Å². The maximum absolute atomic E-state index is 12.2. The molecule has 2 aromatic rings. The molecule has 4 N–H and O–H groups in total. The van der Waals surface area contributed by atoms with Gasteiger partial charge >= 0.3 is 5.69 Å². The van der Waals surface area contributed by atoms with Gasteiger partial charge in [-0.15, -0.1) is 0 Å². The predicted molar refractivity (Wildman–Crippen MR) is 90.2 cm³/mol. The van der Waals surface area contributed by atoms with Crippen LogP contribution in [0.15, 0.2) is 40.1 Å². The molecule has 0 atom stereocenters. The Bertz CT molecular complexity index is 890. The summed E-state index contributed by atoms with van der Waals surface area (Å²) < 4.78 is 0. The maximum Gasteiger partial charge on any atom is 0.325 e. The average Bonchev–Trinajstić information content (AvgIpc) is 2.49. The topological polar surface area (TPSA) is 124 Å². The number of carbonyl (C=O) groups excluding carboxylic acids is 2. The summed E-state index contributed by atoms with van der Waals surface area (Å²) in [5.41, 5.74) is -1.29. The van der Waals surface area contributed by atoms with E-state index in [1.165, 1.54) is 6.07 Å². The smallest absolute Gasteiger partial charge is 0.325 e. The lowest BCUT2D eigenvalue weighted by atomic mass is 9.95. The van der Waals surface area contributed by atoms with Crippen molar-refractivity contribution in [3.05, 3.63) is 56.9 Å². The first-order valence-corrected chi connectivity index (χ1v) is 7.22. The zero-order valence-electron chi connectivity index (χ0n) is 13.5. The number of rotatable bonds is 3. The van der Waals surface area contributed by atoms with Crippen molar-refractivity contribution in [2.24, 2.45) is 5.41 Å². The van der Waals surface area contributed by atoms with E-state index in [1.807, 2.05) is 4.98 Å². The van der Waals surface area contributed by atoms with Gasteiger partial charge in [-0.05, 0) is 18.2 Å². The zero-order valence-corrected chi connectivity index (χ0v) is 13.5. The molecule has 8 heteroatoms. The average molecular weight is 330 g/mol. The number of amides is 2. The number of benzene rings is 1. The van der Waals surface area contributed by atoms with E-state index in [-0.39, 0.29) is 17.2 Å². The Kier molecular flexibility index (Phi) is 4.68. The molecule has 0 aliphatic carbocycles. The van der Waals surface area contributed by atoms with Crippen LogP contribution in [0.3, 0.4) is 0 Å². The van der Waals surface area contributed by atoms with Gasteiger partial charge in [0, 0.05) is 22.9 Å². The monoisotopic (exact) mass is 330 g/mol. The van der Waals surface area contributed by atoms with Crippen LogP contribution in [0.4, 0.5) is 11.4 Å². The molecule has 24 heavy (non-hydrogen) atoms. The first kappa shape index (κ1) is 17.2. The number of aromatic nitrogens is 2. The molecule has 0 spiro atoms. The molecule has 0 aliphatic rings. The number of aromatic amines is 2. The van der Waals surface area contributed by atoms with Gasteiger partial charge in [-0.2, -0.15) is 0 Å². The van der Waals surface area contributed by atoms with Crippen molar-refractivity contribution < 1.29 is 9.59 Å². The lowest BCUT2D eigenvalue weighted by molar-refractivity contribution is -0.123. The third-order valence-corrected chi connectivity index (χ3v) is 3.13. The standard InChI is InChI=1S/C16H18N4O4/c1-16(2,3)14(23)18-10-6-4-5-9(7-10)12(21)19-11-8-17-15(24)20-13(11)22/h4-8H,1-3H3,(H,18,23)(H,19,21)(H2,17,20,22,24). The SMILES string of the molecule is CC(C)(C)C(=O)Nc1cccc(C(=O)Nc2c[nH]c(=O)[nH]c2=O)c1. The van der Waals surface area contributed by atoms with Gasteiger partial charge in [0.25, 0.3) is 11.5 Å². The second-order valence-electron chi connectivity index (χ2n) is 6.22. The number of anilines is 2. The summed E-state index contributed by atoms with van der Waals surface area (Å²) in [6.07, 6.45) is 1.12. The van der Waals surface area contributed by atoms with Crippen LogP contribution in [0.5, 0.6) is 0 Å². The third-order valence-electron chi connectivity index (χ3n) is 3.13. The number of hydrogen-bond donors (Lipinski definition) is 4. The van der Waals surface area contributed by atoms with Crippen LogP contribution in [0, 0.1) is 5.41 Å². The van der Waals surface area contributed by atoms with Crippen molar-refractivity contribution >= 4 is 23.2 Å². The summed E-state index contributed by atoms with van der Waals surface area (Å²) >= 11 is 0. The highest BCUT2D eigenvalue weighted by molar-refractivity contribution is 6.05. The molecule has 0 fully saturated rings. The van der Waals surface area contributed by atoms with E-state index >= 15 is 0 Å². The molecule has 8 nitrogen and oxygen atoms in total. The Morgan fingerprint density at radius 3 is 2.42 bits per heavy atom. The van der Waals surface area contributed by atoms with Crippen LogP contribution in [0.1, 0.15) is 31.1 Å². The lowest BCUT2D eigenvalue weighted by Crippen LogP contribution is -2.28. The Balaban J connectivity index is 2.18. The minimum absolute atomic E-state index is 0.0799. The number of carbonyl (C=O) groups is 2. The van der Waals surface area contributed by atoms with Crippen LogP contribution in [0.25, 0.3) is 0 Å². The molecular weight excluding hydrogens is 312 g/mol. The molecule has 1 aromatic heterocycles. The van der Waals surface area contributed by atoms with Crippen LogP contribution in [0.2, 0.25) is 0 Å². The molecule has 0 unspecified atom stereocenters. The van der Waals surface area contributed by atoms with E-state index < -0.39 is 22.6 Å². The Hall–Kier alpha value is -3.16. The second-order valence-corrected chi connectivity index (χ2v) is 6.22. The molecular formula is C16H18N4O4. The molecule has 0 radical (unpaired) electrons. The van der Waals surface area contributed by atoms with Gasteiger partial charge in [0.1, 0.15) is 5.69 Å². The van der Waals surface area contributed by atoms with Crippen LogP contribution in [-0.4, -0.2) is 21.8 Å². The van der Waals surface area contributed by atoms with Gasteiger partial charge in [0.05, 0.1) is 0 Å². The van der Waals surface area contributed by atoms with Gasteiger partial charge in [-0.3, -0.25) is 19.4 Å². The van der Waals surface area contributed by atoms with Gasteiger partial charge in [0.15, 0.2) is 0 Å². The van der Waals surface area contributed by atoms with Gasteiger partial charge < -0.3 is 15.6 Å². The molecule has 0 bridgehead atoms. The molecule has 0 saturated carbocycles. The first-order chi connectivity index (χ1) is 11.2. The van der Waals surface area contributed by atoms with Crippen molar-refractivity contribution in [1.29, 1.82) is 0 Å². The lowest BCUT2D eigenvalue weighted by Gasteiger charge is -2.17. The van der Waals surface area contributed by atoms with Crippen molar-refractivity contribution in [2.75, 3.05) is 10.6 Å². The molecule has 1 heterocycles.